The molecule has 1 N–H and O–H groups in total. The Morgan fingerprint density at radius 3 is 2.74 bits per heavy atom. The molecule has 0 spiro atoms. The van der Waals surface area contributed by atoms with Crippen LogP contribution in [0.4, 0.5) is 22.1 Å². The van der Waals surface area contributed by atoms with Crippen molar-refractivity contribution in [3.05, 3.63) is 29.5 Å². The van der Waals surface area contributed by atoms with Crippen molar-refractivity contribution in [2.75, 3.05) is 24.3 Å². The molecule has 1 amide bonds. The first kappa shape index (κ1) is 16.6. The van der Waals surface area contributed by atoms with Gasteiger partial charge >= 0.3 is 0 Å². The molecule has 1 aromatic heterocycles. The average Bonchev–Trinajstić information content (AvgIpc) is 2.85. The van der Waals surface area contributed by atoms with Gasteiger partial charge in [0, 0.05) is 26.7 Å². The van der Waals surface area contributed by atoms with Crippen LogP contribution in [0.1, 0.15) is 18.2 Å². The lowest BCUT2D eigenvalue weighted by Crippen LogP contribution is -2.10. The van der Waals surface area contributed by atoms with Crippen LogP contribution in [-0.2, 0) is 4.79 Å². The fourth-order valence-electron chi connectivity index (χ4n) is 1.83. The molecule has 0 radical (unpaired) electrons. The van der Waals surface area contributed by atoms with Crippen molar-refractivity contribution >= 4 is 39.5 Å². The van der Waals surface area contributed by atoms with E-state index in [0.717, 1.165) is 17.2 Å². The van der Waals surface area contributed by atoms with Gasteiger partial charge in [0.2, 0.25) is 5.91 Å². The summed E-state index contributed by atoms with van der Waals surface area (Å²) in [7, 11) is 3.82. The summed E-state index contributed by atoms with van der Waals surface area (Å²) in [5, 5.41) is 20.6. The minimum absolute atomic E-state index is 0.191. The number of aryl methyl sites for hydroxylation is 1. The van der Waals surface area contributed by atoms with Gasteiger partial charge in [0.15, 0.2) is 5.00 Å². The Kier molecular flexibility index (Phi) is 5.03. The third kappa shape index (κ3) is 3.90. The smallest absolute Gasteiger partial charge is 0.221 e. The number of carbonyl (C=O) groups excluding carboxylic acids is 1. The van der Waals surface area contributed by atoms with Crippen LogP contribution in [0, 0.1) is 18.3 Å². The molecular formula is C15H16N6OS. The highest BCUT2D eigenvalue weighted by atomic mass is 32.1. The number of nitriles is 1. The number of hydrogen-bond donors (Lipinski definition) is 1. The van der Waals surface area contributed by atoms with Crippen LogP contribution in [0.3, 0.4) is 0 Å². The molecule has 0 saturated carbocycles. The number of aromatic nitrogens is 1. The molecule has 0 atom stereocenters. The normalized spacial score (nSPS) is 10.6. The molecule has 0 bridgehead atoms. The maximum atomic E-state index is 11.4. The Morgan fingerprint density at radius 2 is 2.13 bits per heavy atom. The van der Waals surface area contributed by atoms with Crippen LogP contribution in [-0.4, -0.2) is 24.4 Å². The fourth-order valence-corrected chi connectivity index (χ4v) is 2.51. The van der Waals surface area contributed by atoms with Gasteiger partial charge in [-0.25, -0.2) is 0 Å². The molecule has 118 valence electrons. The lowest BCUT2D eigenvalue weighted by molar-refractivity contribution is -0.114. The van der Waals surface area contributed by atoms with Gasteiger partial charge in [0.05, 0.1) is 11.4 Å². The first-order valence-corrected chi connectivity index (χ1v) is 7.56. The quantitative estimate of drug-likeness (QED) is 0.865. The third-order valence-electron chi connectivity index (χ3n) is 3.01. The Bertz CT molecular complexity index is 803. The Balaban J connectivity index is 2.40. The second kappa shape index (κ2) is 6.98. The predicted molar refractivity (Wildman–Crippen MR) is 90.8 cm³/mol. The summed E-state index contributed by atoms with van der Waals surface area (Å²) in [6.45, 7) is 3.19. The lowest BCUT2D eigenvalue weighted by atomic mass is 10.2. The zero-order valence-corrected chi connectivity index (χ0v) is 14.1. The van der Waals surface area contributed by atoms with E-state index in [9.17, 15) is 4.79 Å². The largest absolute Gasteiger partial charge is 0.378 e. The lowest BCUT2D eigenvalue weighted by Gasteiger charge is -2.15. The van der Waals surface area contributed by atoms with E-state index < -0.39 is 0 Å². The number of azo groups is 1. The number of hydrogen-bond acceptors (Lipinski definition) is 7. The van der Waals surface area contributed by atoms with Crippen molar-refractivity contribution < 1.29 is 4.79 Å². The van der Waals surface area contributed by atoms with Crippen molar-refractivity contribution in [1.29, 1.82) is 5.26 Å². The highest BCUT2D eigenvalue weighted by Crippen LogP contribution is 2.33. The molecule has 1 aromatic carbocycles. The monoisotopic (exact) mass is 328 g/mol. The molecule has 0 saturated heterocycles. The van der Waals surface area contributed by atoms with E-state index in [0.29, 0.717) is 27.6 Å². The van der Waals surface area contributed by atoms with E-state index in [4.69, 9.17) is 5.26 Å². The van der Waals surface area contributed by atoms with Crippen LogP contribution in [0.5, 0.6) is 0 Å². The standard InChI is InChI=1S/C15H16N6OS/c1-9-12(8-16)15(23-20-9)19-18-13-6-5-11(21(3)4)7-14(13)17-10(2)22/h5-7H,1-4H3,(H,17,22). The van der Waals surface area contributed by atoms with E-state index in [2.05, 4.69) is 26.0 Å². The second-order valence-electron chi connectivity index (χ2n) is 5.04. The van der Waals surface area contributed by atoms with Crippen molar-refractivity contribution in [1.82, 2.24) is 4.37 Å². The minimum Gasteiger partial charge on any atom is -0.378 e. The van der Waals surface area contributed by atoms with Gasteiger partial charge in [-0.05, 0) is 36.7 Å². The molecule has 2 rings (SSSR count). The summed E-state index contributed by atoms with van der Waals surface area (Å²) in [4.78, 5) is 13.3. The van der Waals surface area contributed by atoms with Gasteiger partial charge in [-0.3, -0.25) is 4.79 Å². The van der Waals surface area contributed by atoms with Crippen LogP contribution >= 0.6 is 11.5 Å². The van der Waals surface area contributed by atoms with Crippen molar-refractivity contribution in [3.8, 4) is 6.07 Å². The van der Waals surface area contributed by atoms with Gasteiger partial charge in [-0.15, -0.1) is 10.2 Å². The number of carbonyl (C=O) groups is 1. The molecule has 0 aliphatic rings. The number of anilines is 2. The first-order valence-electron chi connectivity index (χ1n) is 6.79. The number of nitrogens with one attached hydrogen (secondary N) is 1. The first-order chi connectivity index (χ1) is 10.9. The van der Waals surface area contributed by atoms with Crippen molar-refractivity contribution in [2.24, 2.45) is 10.2 Å². The van der Waals surface area contributed by atoms with E-state index >= 15 is 0 Å². The van der Waals surface area contributed by atoms with E-state index in [-0.39, 0.29) is 5.91 Å². The molecule has 23 heavy (non-hydrogen) atoms. The number of nitrogens with zero attached hydrogens (tertiary/aromatic N) is 5. The zero-order chi connectivity index (χ0) is 17.0. The second-order valence-corrected chi connectivity index (χ2v) is 5.79. The third-order valence-corrected chi connectivity index (χ3v) is 3.84. The van der Waals surface area contributed by atoms with Crippen LogP contribution < -0.4 is 10.2 Å². The topological polar surface area (TPSA) is 93.7 Å². The Hall–Kier alpha value is -2.79. The molecule has 1 heterocycles. The molecule has 2 aromatic rings. The molecule has 0 unspecified atom stereocenters. The van der Waals surface area contributed by atoms with E-state index in [1.54, 1.807) is 13.0 Å². The summed E-state index contributed by atoms with van der Waals surface area (Å²) in [5.74, 6) is -0.191. The van der Waals surface area contributed by atoms with Crippen molar-refractivity contribution in [2.45, 2.75) is 13.8 Å². The minimum atomic E-state index is -0.191. The summed E-state index contributed by atoms with van der Waals surface area (Å²) in [6, 6.07) is 7.53. The van der Waals surface area contributed by atoms with Crippen LogP contribution in [0.15, 0.2) is 28.4 Å². The number of benzene rings is 1. The van der Waals surface area contributed by atoms with Gasteiger partial charge in [-0.2, -0.15) is 9.64 Å². The predicted octanol–water partition coefficient (Wildman–Crippen LogP) is 3.76. The zero-order valence-electron chi connectivity index (χ0n) is 13.3. The molecule has 8 heteroatoms. The van der Waals surface area contributed by atoms with E-state index in [1.165, 1.54) is 6.92 Å². The highest BCUT2D eigenvalue weighted by molar-refractivity contribution is 7.10. The Labute approximate surface area is 138 Å². The van der Waals surface area contributed by atoms with Gasteiger partial charge < -0.3 is 10.2 Å². The van der Waals surface area contributed by atoms with Gasteiger partial charge in [-0.1, -0.05) is 0 Å². The number of amides is 1. The maximum absolute atomic E-state index is 11.4. The summed E-state index contributed by atoms with van der Waals surface area (Å²) >= 11 is 1.12. The number of rotatable bonds is 4. The summed E-state index contributed by atoms with van der Waals surface area (Å²) in [6.07, 6.45) is 0. The summed E-state index contributed by atoms with van der Waals surface area (Å²) < 4.78 is 4.10. The molecule has 0 fully saturated rings. The molecular weight excluding hydrogens is 312 g/mol. The Morgan fingerprint density at radius 1 is 1.39 bits per heavy atom. The molecule has 0 aliphatic heterocycles. The van der Waals surface area contributed by atoms with Crippen LogP contribution in [0.2, 0.25) is 0 Å². The highest BCUT2D eigenvalue weighted by Gasteiger charge is 2.10. The van der Waals surface area contributed by atoms with Gasteiger partial charge in [0.25, 0.3) is 0 Å². The fraction of sp³-hybridized carbons (Fsp3) is 0.267. The molecule has 7 nitrogen and oxygen atoms in total. The summed E-state index contributed by atoms with van der Waals surface area (Å²) in [5.41, 5.74) is 3.06. The average molecular weight is 328 g/mol. The maximum Gasteiger partial charge on any atom is 0.221 e. The van der Waals surface area contributed by atoms with Crippen LogP contribution in [0.25, 0.3) is 0 Å². The SMILES string of the molecule is CC(=O)Nc1cc(N(C)C)ccc1N=Nc1snc(C)c1C#N. The van der Waals surface area contributed by atoms with Crippen molar-refractivity contribution in [3.63, 3.8) is 0 Å². The molecule has 0 aliphatic carbocycles. The van der Waals surface area contributed by atoms with Gasteiger partial charge in [0.1, 0.15) is 17.3 Å². The van der Waals surface area contributed by atoms with E-state index in [1.807, 2.05) is 31.1 Å².